The van der Waals surface area contributed by atoms with Crippen molar-refractivity contribution in [3.8, 4) is 0 Å². The van der Waals surface area contributed by atoms with Gasteiger partial charge in [-0.1, -0.05) is 37.3 Å². The molecule has 2 aliphatic rings. The molecule has 1 aromatic rings. The lowest BCUT2D eigenvalue weighted by atomic mass is 10.1. The van der Waals surface area contributed by atoms with E-state index in [4.69, 9.17) is 18.9 Å². The summed E-state index contributed by atoms with van der Waals surface area (Å²) in [7, 11) is 0. The molecule has 0 aromatic heterocycles. The summed E-state index contributed by atoms with van der Waals surface area (Å²) in [6.45, 7) is 7.15. The first-order valence-electron chi connectivity index (χ1n) is 8.67. The van der Waals surface area contributed by atoms with Gasteiger partial charge in [-0.2, -0.15) is 0 Å². The molecule has 0 aliphatic carbocycles. The average Bonchev–Trinajstić information content (AvgIpc) is 3.11. The summed E-state index contributed by atoms with van der Waals surface area (Å²) < 4.78 is 22.8. The van der Waals surface area contributed by atoms with E-state index in [2.05, 4.69) is 12.2 Å². The summed E-state index contributed by atoms with van der Waals surface area (Å²) >= 11 is 0. The van der Waals surface area contributed by atoms with Crippen LogP contribution in [0.15, 0.2) is 41.8 Å². The smallest absolute Gasteiger partial charge is 0.376 e. The van der Waals surface area contributed by atoms with Crippen LogP contribution in [0.3, 0.4) is 0 Å². The fourth-order valence-electron chi connectivity index (χ4n) is 2.90. The molecule has 0 saturated carbocycles. The minimum absolute atomic E-state index is 0.232. The van der Waals surface area contributed by atoms with Crippen molar-refractivity contribution >= 4 is 5.97 Å². The van der Waals surface area contributed by atoms with Crippen molar-refractivity contribution in [3.63, 3.8) is 0 Å². The Hall–Kier alpha value is -2.05. The predicted molar refractivity (Wildman–Crippen MR) is 91.3 cm³/mol. The third kappa shape index (κ3) is 4.14. The van der Waals surface area contributed by atoms with E-state index in [0.717, 1.165) is 18.5 Å². The van der Waals surface area contributed by atoms with E-state index >= 15 is 0 Å². The van der Waals surface area contributed by atoms with Gasteiger partial charge in [-0.05, 0) is 25.8 Å². The van der Waals surface area contributed by atoms with Gasteiger partial charge in [0.25, 0.3) is 0 Å². The van der Waals surface area contributed by atoms with Crippen LogP contribution in [0.1, 0.15) is 32.8 Å². The molecule has 0 bridgehead atoms. The lowest BCUT2D eigenvalue weighted by Gasteiger charge is -2.22. The zero-order chi connectivity index (χ0) is 17.9. The second-order valence-corrected chi connectivity index (χ2v) is 6.64. The monoisotopic (exact) mass is 347 g/mol. The molecule has 2 atom stereocenters. The van der Waals surface area contributed by atoms with Gasteiger partial charge in [0.15, 0.2) is 11.9 Å². The molecule has 0 spiro atoms. The second-order valence-electron chi connectivity index (χ2n) is 6.64. The van der Waals surface area contributed by atoms with Crippen molar-refractivity contribution < 1.29 is 23.7 Å². The van der Waals surface area contributed by atoms with Gasteiger partial charge in [-0.15, -0.1) is 0 Å². The first kappa shape index (κ1) is 17.8. The van der Waals surface area contributed by atoms with Crippen molar-refractivity contribution in [1.82, 2.24) is 5.32 Å². The van der Waals surface area contributed by atoms with E-state index in [1.807, 2.05) is 44.2 Å². The number of hydrogen-bond acceptors (Lipinski definition) is 6. The summed E-state index contributed by atoms with van der Waals surface area (Å²) in [5.74, 6) is -0.913. The number of benzene rings is 1. The molecule has 1 fully saturated rings. The van der Waals surface area contributed by atoms with Gasteiger partial charge in [0.2, 0.25) is 5.76 Å². The maximum Gasteiger partial charge on any atom is 0.376 e. The molecule has 25 heavy (non-hydrogen) atoms. The number of carbonyl (C=O) groups excluding carboxylic acids is 1. The maximum absolute atomic E-state index is 12.4. The minimum Gasteiger partial charge on any atom is -0.480 e. The normalized spacial score (nSPS) is 25.2. The number of rotatable bonds is 7. The van der Waals surface area contributed by atoms with E-state index in [1.165, 1.54) is 0 Å². The van der Waals surface area contributed by atoms with E-state index in [9.17, 15) is 4.79 Å². The largest absolute Gasteiger partial charge is 0.480 e. The topological polar surface area (TPSA) is 66.0 Å². The number of cyclic esters (lactones) is 1. The lowest BCUT2D eigenvalue weighted by Crippen LogP contribution is -2.37. The summed E-state index contributed by atoms with van der Waals surface area (Å²) in [6, 6.07) is 9.72. The number of ether oxygens (including phenoxy) is 4. The minimum atomic E-state index is -0.680. The van der Waals surface area contributed by atoms with Crippen molar-refractivity contribution in [2.24, 2.45) is 0 Å². The highest BCUT2D eigenvalue weighted by molar-refractivity contribution is 5.90. The highest BCUT2D eigenvalue weighted by Gasteiger charge is 2.46. The van der Waals surface area contributed by atoms with Gasteiger partial charge < -0.3 is 24.3 Å². The Labute approximate surface area is 148 Å². The second kappa shape index (κ2) is 7.45. The molecule has 0 radical (unpaired) electrons. The summed E-state index contributed by atoms with van der Waals surface area (Å²) in [5.41, 5.74) is 1.64. The van der Waals surface area contributed by atoms with Crippen molar-refractivity contribution in [2.45, 2.75) is 51.8 Å². The molecule has 2 aliphatic heterocycles. The van der Waals surface area contributed by atoms with Crippen LogP contribution in [0.2, 0.25) is 0 Å². The molecule has 0 amide bonds. The zero-order valence-corrected chi connectivity index (χ0v) is 14.9. The molecule has 3 rings (SSSR count). The fraction of sp³-hybridized carbons (Fsp3) is 0.526. The molecule has 6 heteroatoms. The number of esters is 1. The first-order valence-corrected chi connectivity index (χ1v) is 8.67. The SMILES string of the molecule is CCCNC1=C(OCc2ccccc2)C(=O)OC1C1COC(C)(C)O1. The van der Waals surface area contributed by atoms with Crippen LogP contribution in [0.25, 0.3) is 0 Å². The van der Waals surface area contributed by atoms with Crippen molar-refractivity contribution in [3.05, 3.63) is 47.4 Å². The number of nitrogens with one attached hydrogen (secondary N) is 1. The average molecular weight is 347 g/mol. The first-order chi connectivity index (χ1) is 12.0. The summed E-state index contributed by atoms with van der Waals surface area (Å²) in [6.07, 6.45) is 0.0342. The zero-order valence-electron chi connectivity index (χ0n) is 14.9. The number of carbonyl (C=O) groups is 1. The van der Waals surface area contributed by atoms with E-state index in [1.54, 1.807) is 0 Å². The molecule has 2 unspecified atom stereocenters. The molecular formula is C19H25NO5. The van der Waals surface area contributed by atoms with Crippen LogP contribution < -0.4 is 5.32 Å². The van der Waals surface area contributed by atoms with E-state index in [-0.39, 0.29) is 11.9 Å². The van der Waals surface area contributed by atoms with Gasteiger partial charge in [-0.25, -0.2) is 4.79 Å². The van der Waals surface area contributed by atoms with Gasteiger partial charge >= 0.3 is 5.97 Å². The Kier molecular flexibility index (Phi) is 5.30. The molecule has 6 nitrogen and oxygen atoms in total. The Morgan fingerprint density at radius 1 is 1.28 bits per heavy atom. The molecule has 136 valence electrons. The van der Waals surface area contributed by atoms with Gasteiger partial charge in [0.05, 0.1) is 6.61 Å². The highest BCUT2D eigenvalue weighted by Crippen LogP contribution is 2.32. The maximum atomic E-state index is 12.4. The molecule has 2 heterocycles. The molecular weight excluding hydrogens is 322 g/mol. The standard InChI is InChI=1S/C19H25NO5/c1-4-10-20-15-16(14-12-23-19(2,3)25-14)24-18(21)17(15)22-11-13-8-6-5-7-9-13/h5-9,14,16,20H,4,10-12H2,1-3H3. The van der Waals surface area contributed by atoms with E-state index < -0.39 is 17.9 Å². The van der Waals surface area contributed by atoms with Crippen LogP contribution >= 0.6 is 0 Å². The molecule has 1 aromatic carbocycles. The Morgan fingerprint density at radius 2 is 2.04 bits per heavy atom. The predicted octanol–water partition coefficient (Wildman–Crippen LogP) is 2.49. The van der Waals surface area contributed by atoms with Gasteiger partial charge in [0.1, 0.15) is 18.4 Å². The molecule has 1 N–H and O–H groups in total. The molecule has 1 saturated heterocycles. The Morgan fingerprint density at radius 3 is 2.68 bits per heavy atom. The Bertz CT molecular complexity index is 640. The fourth-order valence-corrected chi connectivity index (χ4v) is 2.90. The Balaban J connectivity index is 1.77. The summed E-state index contributed by atoms with van der Waals surface area (Å²) in [5, 5.41) is 3.28. The van der Waals surface area contributed by atoms with Crippen LogP contribution in [0, 0.1) is 0 Å². The van der Waals surface area contributed by atoms with Crippen molar-refractivity contribution in [1.29, 1.82) is 0 Å². The van der Waals surface area contributed by atoms with E-state index in [0.29, 0.717) is 18.9 Å². The van der Waals surface area contributed by atoms with Crippen LogP contribution in [-0.4, -0.2) is 37.1 Å². The third-order valence-electron chi connectivity index (χ3n) is 4.11. The third-order valence-corrected chi connectivity index (χ3v) is 4.11. The highest BCUT2D eigenvalue weighted by atomic mass is 16.8. The quantitative estimate of drug-likeness (QED) is 0.765. The van der Waals surface area contributed by atoms with Crippen molar-refractivity contribution in [2.75, 3.05) is 13.2 Å². The van der Waals surface area contributed by atoms with Gasteiger partial charge in [-0.3, -0.25) is 0 Å². The van der Waals surface area contributed by atoms with Gasteiger partial charge in [0, 0.05) is 6.54 Å². The van der Waals surface area contributed by atoms with Crippen LogP contribution in [0.5, 0.6) is 0 Å². The summed E-state index contributed by atoms with van der Waals surface area (Å²) in [4.78, 5) is 12.4. The van der Waals surface area contributed by atoms with Crippen LogP contribution in [-0.2, 0) is 30.3 Å². The lowest BCUT2D eigenvalue weighted by molar-refractivity contribution is -0.162. The number of hydrogen-bond donors (Lipinski definition) is 1. The van der Waals surface area contributed by atoms with Crippen LogP contribution in [0.4, 0.5) is 0 Å².